The molecule has 0 fully saturated rings. The molecule has 1 aromatic carbocycles. The van der Waals surface area contributed by atoms with E-state index < -0.39 is 37.6 Å². The summed E-state index contributed by atoms with van der Waals surface area (Å²) in [5.41, 5.74) is -3.00. The number of rotatable bonds is 11. The SMILES string of the molecule is CCC(CO)NC(CC(C)C)CC(C)C.O=[N+]([O-])c1cc([N+](=O)[O-])c(O)c([N+](=O)[O-])c1. The van der Waals surface area contributed by atoms with Crippen molar-refractivity contribution in [3.63, 3.8) is 0 Å². The largest absolute Gasteiger partial charge is 0.497 e. The molecule has 0 radical (unpaired) electrons. The fourth-order valence-electron chi connectivity index (χ4n) is 2.98. The maximum absolute atomic E-state index is 10.4. The molecule has 0 saturated heterocycles. The van der Waals surface area contributed by atoms with Gasteiger partial charge in [0, 0.05) is 12.1 Å². The summed E-state index contributed by atoms with van der Waals surface area (Å²) in [5, 5.41) is 53.0. The molecule has 1 unspecified atom stereocenters. The molecule has 3 N–H and O–H groups in total. The number of nitrogens with zero attached hydrogens (tertiary/aromatic N) is 3. The summed E-state index contributed by atoms with van der Waals surface area (Å²) in [6, 6.07) is 1.72. The van der Waals surface area contributed by atoms with Crippen molar-refractivity contribution in [2.24, 2.45) is 11.8 Å². The predicted octanol–water partition coefficient (Wildman–Crippen LogP) is 3.92. The molecule has 12 nitrogen and oxygen atoms in total. The van der Waals surface area contributed by atoms with Gasteiger partial charge < -0.3 is 15.5 Å². The van der Waals surface area contributed by atoms with Crippen LogP contribution in [0.15, 0.2) is 12.1 Å². The lowest BCUT2D eigenvalue weighted by atomic mass is 9.95. The minimum atomic E-state index is -1.21. The number of nitro groups is 3. The molecule has 31 heavy (non-hydrogen) atoms. The number of aromatic hydroxyl groups is 1. The normalized spacial score (nSPS) is 11.9. The average molecular weight is 444 g/mol. The number of phenols is 1. The molecule has 12 heteroatoms. The molecule has 0 heterocycles. The van der Waals surface area contributed by atoms with Gasteiger partial charge >= 0.3 is 11.4 Å². The number of nitrogens with one attached hydrogen (secondary N) is 1. The van der Waals surface area contributed by atoms with Crippen molar-refractivity contribution in [1.82, 2.24) is 5.32 Å². The minimum Gasteiger partial charge on any atom is -0.497 e. The first-order valence-corrected chi connectivity index (χ1v) is 10.0. The Morgan fingerprint density at radius 2 is 1.29 bits per heavy atom. The molecule has 176 valence electrons. The van der Waals surface area contributed by atoms with E-state index >= 15 is 0 Å². The van der Waals surface area contributed by atoms with Crippen molar-refractivity contribution < 1.29 is 25.0 Å². The van der Waals surface area contributed by atoms with Crippen molar-refractivity contribution in [2.75, 3.05) is 6.61 Å². The van der Waals surface area contributed by atoms with Gasteiger partial charge in [0.15, 0.2) is 0 Å². The van der Waals surface area contributed by atoms with Gasteiger partial charge in [-0.05, 0) is 31.1 Å². The number of aliphatic hydroxyl groups is 1. The van der Waals surface area contributed by atoms with Crippen LogP contribution in [0.3, 0.4) is 0 Å². The number of nitro benzene ring substituents is 3. The second-order valence-corrected chi connectivity index (χ2v) is 8.01. The Balaban J connectivity index is 0.000000582. The molecule has 0 aliphatic rings. The standard InChI is InChI=1S/C13H29NO.C6H3N3O7/c1-6-12(9-15)14-13(7-10(2)3)8-11(4)5;10-6-4(8(13)14)1-3(7(11)12)2-5(6)9(15)16/h10-15H,6-9H2,1-5H3;1-2,10H. The zero-order chi connectivity index (χ0) is 24.3. The smallest absolute Gasteiger partial charge is 0.324 e. The number of benzene rings is 1. The highest BCUT2D eigenvalue weighted by Gasteiger charge is 2.30. The van der Waals surface area contributed by atoms with Crippen LogP contribution in [0.5, 0.6) is 5.75 Å². The lowest BCUT2D eigenvalue weighted by molar-refractivity contribution is -0.404. The fourth-order valence-corrected chi connectivity index (χ4v) is 2.98. The van der Waals surface area contributed by atoms with Crippen LogP contribution in [0.4, 0.5) is 17.1 Å². The first kappa shape index (κ1) is 28.1. The van der Waals surface area contributed by atoms with E-state index in [4.69, 9.17) is 5.11 Å². The number of hydrogen-bond acceptors (Lipinski definition) is 9. The number of aliphatic hydroxyl groups excluding tert-OH is 1. The highest BCUT2D eigenvalue weighted by atomic mass is 16.6. The van der Waals surface area contributed by atoms with Crippen LogP contribution in [-0.4, -0.2) is 43.7 Å². The third-order valence-corrected chi connectivity index (χ3v) is 4.36. The Morgan fingerprint density at radius 1 is 0.871 bits per heavy atom. The molecular weight excluding hydrogens is 412 g/mol. The van der Waals surface area contributed by atoms with Crippen LogP contribution in [0, 0.1) is 42.2 Å². The molecule has 1 atom stereocenters. The van der Waals surface area contributed by atoms with Gasteiger partial charge in [0.25, 0.3) is 11.4 Å². The quantitative estimate of drug-likeness (QED) is 0.336. The van der Waals surface area contributed by atoms with E-state index in [-0.39, 0.29) is 12.6 Å². The summed E-state index contributed by atoms with van der Waals surface area (Å²) in [5.74, 6) is 0.232. The Morgan fingerprint density at radius 3 is 1.55 bits per heavy atom. The molecule has 0 aliphatic carbocycles. The van der Waals surface area contributed by atoms with Gasteiger partial charge in [0.2, 0.25) is 0 Å². The lowest BCUT2D eigenvalue weighted by Crippen LogP contribution is -2.41. The van der Waals surface area contributed by atoms with E-state index in [9.17, 15) is 35.4 Å². The first-order valence-electron chi connectivity index (χ1n) is 10.0. The van der Waals surface area contributed by atoms with Crippen LogP contribution in [-0.2, 0) is 0 Å². The summed E-state index contributed by atoms with van der Waals surface area (Å²) in [4.78, 5) is 27.8. The van der Waals surface area contributed by atoms with Crippen molar-refractivity contribution >= 4 is 17.1 Å². The third kappa shape index (κ3) is 10.1. The summed E-state index contributed by atoms with van der Waals surface area (Å²) in [7, 11) is 0. The maximum Gasteiger partial charge on any atom is 0.324 e. The molecule has 0 aliphatic heterocycles. The van der Waals surface area contributed by atoms with Crippen molar-refractivity contribution in [3.05, 3.63) is 42.5 Å². The zero-order valence-electron chi connectivity index (χ0n) is 18.5. The van der Waals surface area contributed by atoms with Crippen molar-refractivity contribution in [3.8, 4) is 5.75 Å². The van der Waals surface area contributed by atoms with Gasteiger partial charge in [-0.3, -0.25) is 30.3 Å². The summed E-state index contributed by atoms with van der Waals surface area (Å²) < 4.78 is 0. The molecule has 1 rings (SSSR count). The highest BCUT2D eigenvalue weighted by Crippen LogP contribution is 2.38. The zero-order valence-corrected chi connectivity index (χ0v) is 18.5. The molecule has 0 aromatic heterocycles. The Labute approximate surface area is 180 Å². The second kappa shape index (κ2) is 13.4. The Bertz CT molecular complexity index is 705. The van der Waals surface area contributed by atoms with E-state index in [1.165, 1.54) is 12.8 Å². The van der Waals surface area contributed by atoms with Crippen LogP contribution in [0.2, 0.25) is 0 Å². The molecule has 0 spiro atoms. The van der Waals surface area contributed by atoms with Gasteiger partial charge in [-0.1, -0.05) is 34.6 Å². The van der Waals surface area contributed by atoms with Gasteiger partial charge in [-0.2, -0.15) is 0 Å². The monoisotopic (exact) mass is 444 g/mol. The van der Waals surface area contributed by atoms with E-state index in [1.54, 1.807) is 0 Å². The van der Waals surface area contributed by atoms with Gasteiger partial charge in [0.1, 0.15) is 0 Å². The third-order valence-electron chi connectivity index (χ3n) is 4.36. The topological polar surface area (TPSA) is 182 Å². The number of non-ortho nitro benzene ring substituents is 1. The summed E-state index contributed by atoms with van der Waals surface area (Å²) >= 11 is 0. The fraction of sp³-hybridized carbons (Fsp3) is 0.684. The van der Waals surface area contributed by atoms with Crippen LogP contribution in [0.25, 0.3) is 0 Å². The van der Waals surface area contributed by atoms with Crippen LogP contribution in [0.1, 0.15) is 53.9 Å². The molecular formula is C19H32N4O8. The molecule has 0 bridgehead atoms. The predicted molar refractivity (Wildman–Crippen MR) is 115 cm³/mol. The molecule has 0 saturated carbocycles. The first-order chi connectivity index (χ1) is 14.3. The van der Waals surface area contributed by atoms with E-state index in [2.05, 4.69) is 39.9 Å². The Kier molecular flexibility index (Phi) is 12.2. The van der Waals surface area contributed by atoms with Crippen LogP contribution >= 0.6 is 0 Å². The molecule has 1 aromatic rings. The summed E-state index contributed by atoms with van der Waals surface area (Å²) in [6.45, 7) is 11.4. The van der Waals surface area contributed by atoms with Gasteiger partial charge in [0.05, 0.1) is 33.5 Å². The van der Waals surface area contributed by atoms with Crippen molar-refractivity contribution in [1.29, 1.82) is 0 Å². The van der Waals surface area contributed by atoms with E-state index in [0.717, 1.165) is 18.3 Å². The molecule has 0 amide bonds. The van der Waals surface area contributed by atoms with E-state index in [1.807, 2.05) is 0 Å². The van der Waals surface area contributed by atoms with Gasteiger partial charge in [-0.15, -0.1) is 0 Å². The minimum absolute atomic E-state index is 0.253. The van der Waals surface area contributed by atoms with Crippen molar-refractivity contribution in [2.45, 2.75) is 66.0 Å². The number of hydrogen-bond donors (Lipinski definition) is 3. The highest BCUT2D eigenvalue weighted by molar-refractivity contribution is 5.64. The average Bonchev–Trinajstić information content (AvgIpc) is 2.64. The van der Waals surface area contributed by atoms with E-state index in [0.29, 0.717) is 18.2 Å². The lowest BCUT2D eigenvalue weighted by Gasteiger charge is -2.26. The summed E-state index contributed by atoms with van der Waals surface area (Å²) in [6.07, 6.45) is 3.41. The maximum atomic E-state index is 10.4. The number of phenolic OH excluding ortho intramolecular Hbond substituents is 1. The Hall–Kier alpha value is -2.86. The van der Waals surface area contributed by atoms with Gasteiger partial charge in [-0.25, -0.2) is 0 Å². The van der Waals surface area contributed by atoms with Crippen LogP contribution < -0.4 is 5.32 Å². The second-order valence-electron chi connectivity index (χ2n) is 8.01.